The SMILES string of the molecule is OC(Cc1cnc(-c2cncnc2)s1)c1ccncc1. The summed E-state index contributed by atoms with van der Waals surface area (Å²) in [7, 11) is 0. The van der Waals surface area contributed by atoms with Gasteiger partial charge in [0.25, 0.3) is 0 Å². The molecule has 0 radical (unpaired) electrons. The van der Waals surface area contributed by atoms with Gasteiger partial charge in [-0.3, -0.25) is 4.98 Å². The minimum absolute atomic E-state index is 0.537. The second kappa shape index (κ2) is 5.85. The van der Waals surface area contributed by atoms with Crippen LogP contribution in [0.25, 0.3) is 10.6 Å². The van der Waals surface area contributed by atoms with E-state index in [1.165, 1.54) is 6.33 Å². The third-order valence-corrected chi connectivity index (χ3v) is 3.92. The molecular weight excluding hydrogens is 272 g/mol. The molecule has 0 aliphatic rings. The Hall–Kier alpha value is -2.18. The zero-order chi connectivity index (χ0) is 13.8. The molecule has 0 aliphatic carbocycles. The number of pyridine rings is 1. The van der Waals surface area contributed by atoms with Crippen molar-refractivity contribution in [2.45, 2.75) is 12.5 Å². The quantitative estimate of drug-likeness (QED) is 0.795. The average molecular weight is 284 g/mol. The summed E-state index contributed by atoms with van der Waals surface area (Å²) in [6.07, 6.45) is 10.1. The van der Waals surface area contributed by atoms with E-state index in [1.54, 1.807) is 42.3 Å². The van der Waals surface area contributed by atoms with Crippen LogP contribution in [0.2, 0.25) is 0 Å². The Balaban J connectivity index is 1.75. The number of aromatic nitrogens is 4. The molecule has 1 atom stereocenters. The highest BCUT2D eigenvalue weighted by Gasteiger charge is 2.11. The molecule has 0 bridgehead atoms. The standard InChI is InChI=1S/C14H12N4OS/c19-13(10-1-3-15-4-2-10)5-12-8-18-14(20-12)11-6-16-9-17-7-11/h1-4,6-9,13,19H,5H2. The van der Waals surface area contributed by atoms with Crippen molar-refractivity contribution in [1.82, 2.24) is 19.9 Å². The number of thiazole rings is 1. The summed E-state index contributed by atoms with van der Waals surface area (Å²) >= 11 is 1.54. The van der Waals surface area contributed by atoms with Crippen LogP contribution in [0.5, 0.6) is 0 Å². The molecule has 0 aromatic carbocycles. The van der Waals surface area contributed by atoms with Gasteiger partial charge in [-0.25, -0.2) is 15.0 Å². The molecule has 20 heavy (non-hydrogen) atoms. The third kappa shape index (κ3) is 2.87. The van der Waals surface area contributed by atoms with Crippen LogP contribution in [0.15, 0.2) is 49.4 Å². The van der Waals surface area contributed by atoms with E-state index in [4.69, 9.17) is 0 Å². The lowest BCUT2D eigenvalue weighted by molar-refractivity contribution is 0.179. The number of nitrogens with zero attached hydrogens (tertiary/aromatic N) is 4. The zero-order valence-electron chi connectivity index (χ0n) is 10.5. The van der Waals surface area contributed by atoms with Crippen LogP contribution in [-0.2, 0) is 6.42 Å². The van der Waals surface area contributed by atoms with Crippen LogP contribution in [-0.4, -0.2) is 25.0 Å². The first-order valence-electron chi connectivity index (χ1n) is 6.11. The van der Waals surface area contributed by atoms with Gasteiger partial charge in [0.15, 0.2) is 0 Å². The monoisotopic (exact) mass is 284 g/mol. The van der Waals surface area contributed by atoms with Crippen molar-refractivity contribution in [2.75, 3.05) is 0 Å². The highest BCUT2D eigenvalue weighted by atomic mass is 32.1. The van der Waals surface area contributed by atoms with Crippen molar-refractivity contribution in [3.8, 4) is 10.6 Å². The molecule has 0 saturated heterocycles. The second-order valence-electron chi connectivity index (χ2n) is 4.26. The minimum Gasteiger partial charge on any atom is -0.388 e. The summed E-state index contributed by atoms with van der Waals surface area (Å²) < 4.78 is 0. The second-order valence-corrected chi connectivity index (χ2v) is 5.37. The van der Waals surface area contributed by atoms with E-state index in [0.29, 0.717) is 6.42 Å². The van der Waals surface area contributed by atoms with Crippen LogP contribution in [0.3, 0.4) is 0 Å². The van der Waals surface area contributed by atoms with Crippen LogP contribution < -0.4 is 0 Å². The molecular formula is C14H12N4OS. The maximum Gasteiger partial charge on any atom is 0.126 e. The van der Waals surface area contributed by atoms with Gasteiger partial charge >= 0.3 is 0 Å². The van der Waals surface area contributed by atoms with Crippen molar-refractivity contribution in [3.05, 3.63) is 59.9 Å². The molecule has 3 aromatic heterocycles. The molecule has 100 valence electrons. The molecule has 1 unspecified atom stereocenters. The molecule has 0 saturated carbocycles. The smallest absolute Gasteiger partial charge is 0.126 e. The van der Waals surface area contributed by atoms with Gasteiger partial charge < -0.3 is 5.11 Å². The molecule has 5 nitrogen and oxygen atoms in total. The van der Waals surface area contributed by atoms with Gasteiger partial charge in [-0.15, -0.1) is 11.3 Å². The predicted octanol–water partition coefficient (Wildman–Crippen LogP) is 2.27. The molecule has 3 rings (SSSR count). The highest BCUT2D eigenvalue weighted by Crippen LogP contribution is 2.27. The Morgan fingerprint density at radius 3 is 2.55 bits per heavy atom. The topological polar surface area (TPSA) is 71.8 Å². The van der Waals surface area contributed by atoms with Gasteiger partial charge in [-0.05, 0) is 17.7 Å². The number of hydrogen-bond donors (Lipinski definition) is 1. The summed E-state index contributed by atoms with van der Waals surface area (Å²) in [4.78, 5) is 17.3. The zero-order valence-corrected chi connectivity index (χ0v) is 11.4. The van der Waals surface area contributed by atoms with Crippen molar-refractivity contribution < 1.29 is 5.11 Å². The maximum absolute atomic E-state index is 10.2. The number of hydrogen-bond acceptors (Lipinski definition) is 6. The number of aliphatic hydroxyl groups is 1. The molecule has 0 fully saturated rings. The van der Waals surface area contributed by atoms with Crippen molar-refractivity contribution in [3.63, 3.8) is 0 Å². The number of aliphatic hydroxyl groups excluding tert-OH is 1. The van der Waals surface area contributed by atoms with E-state index >= 15 is 0 Å². The fraction of sp³-hybridized carbons (Fsp3) is 0.143. The lowest BCUT2D eigenvalue weighted by Gasteiger charge is -2.08. The summed E-state index contributed by atoms with van der Waals surface area (Å²) in [6.45, 7) is 0. The third-order valence-electron chi connectivity index (χ3n) is 2.85. The fourth-order valence-electron chi connectivity index (χ4n) is 1.84. The van der Waals surface area contributed by atoms with E-state index in [1.807, 2.05) is 12.1 Å². The molecule has 0 amide bonds. The first-order chi connectivity index (χ1) is 9.83. The van der Waals surface area contributed by atoms with Crippen LogP contribution in [0.1, 0.15) is 16.5 Å². The van der Waals surface area contributed by atoms with E-state index in [9.17, 15) is 5.11 Å². The lowest BCUT2D eigenvalue weighted by Crippen LogP contribution is -2.00. The molecule has 3 aromatic rings. The van der Waals surface area contributed by atoms with Gasteiger partial charge in [-0.2, -0.15) is 0 Å². The molecule has 6 heteroatoms. The Bertz CT molecular complexity index is 672. The van der Waals surface area contributed by atoms with Gasteiger partial charge in [0.05, 0.1) is 6.10 Å². The van der Waals surface area contributed by atoms with Gasteiger partial charge in [0, 0.05) is 47.8 Å². The number of rotatable bonds is 4. The molecule has 1 N–H and O–H groups in total. The maximum atomic E-state index is 10.2. The normalized spacial score (nSPS) is 12.2. The lowest BCUT2D eigenvalue weighted by atomic mass is 10.1. The van der Waals surface area contributed by atoms with Gasteiger partial charge in [0.1, 0.15) is 11.3 Å². The predicted molar refractivity (Wildman–Crippen MR) is 76.0 cm³/mol. The van der Waals surface area contributed by atoms with Crippen LogP contribution in [0.4, 0.5) is 0 Å². The highest BCUT2D eigenvalue weighted by molar-refractivity contribution is 7.15. The van der Waals surface area contributed by atoms with Crippen LogP contribution in [0, 0.1) is 0 Å². The first kappa shape index (κ1) is 12.8. The van der Waals surface area contributed by atoms with E-state index < -0.39 is 6.10 Å². The Morgan fingerprint density at radius 1 is 1.05 bits per heavy atom. The van der Waals surface area contributed by atoms with Crippen molar-refractivity contribution in [2.24, 2.45) is 0 Å². The van der Waals surface area contributed by atoms with E-state index in [-0.39, 0.29) is 0 Å². The molecule has 0 aliphatic heterocycles. The summed E-state index contributed by atoms with van der Waals surface area (Å²) in [5.74, 6) is 0. The Morgan fingerprint density at radius 2 is 1.80 bits per heavy atom. The molecule has 0 spiro atoms. The first-order valence-corrected chi connectivity index (χ1v) is 6.92. The Labute approximate surface area is 120 Å². The van der Waals surface area contributed by atoms with Gasteiger partial charge in [-0.1, -0.05) is 0 Å². The van der Waals surface area contributed by atoms with E-state index in [2.05, 4.69) is 19.9 Å². The van der Waals surface area contributed by atoms with Crippen LogP contribution >= 0.6 is 11.3 Å². The summed E-state index contributed by atoms with van der Waals surface area (Å²) in [5.41, 5.74) is 1.75. The minimum atomic E-state index is -0.543. The average Bonchev–Trinajstić information content (AvgIpc) is 2.97. The van der Waals surface area contributed by atoms with E-state index in [0.717, 1.165) is 21.0 Å². The fourth-order valence-corrected chi connectivity index (χ4v) is 2.76. The summed E-state index contributed by atoms with van der Waals surface area (Å²) in [5, 5.41) is 11.0. The van der Waals surface area contributed by atoms with Gasteiger partial charge in [0.2, 0.25) is 0 Å². The molecule has 3 heterocycles. The largest absolute Gasteiger partial charge is 0.388 e. The summed E-state index contributed by atoms with van der Waals surface area (Å²) in [6, 6.07) is 3.63. The van der Waals surface area contributed by atoms with Crippen molar-refractivity contribution in [1.29, 1.82) is 0 Å². The Kier molecular flexibility index (Phi) is 3.76. The van der Waals surface area contributed by atoms with Crippen molar-refractivity contribution >= 4 is 11.3 Å².